The fourth-order valence-corrected chi connectivity index (χ4v) is 4.43. The number of fused-ring (bicyclic) bond motifs is 1. The van der Waals surface area contributed by atoms with Crippen molar-refractivity contribution < 1.29 is 28.5 Å². The maximum Gasteiger partial charge on any atom is 0.338 e. The highest BCUT2D eigenvalue weighted by molar-refractivity contribution is 5.93. The van der Waals surface area contributed by atoms with Gasteiger partial charge in [0, 0.05) is 12.6 Å². The van der Waals surface area contributed by atoms with Crippen molar-refractivity contribution in [1.29, 1.82) is 0 Å². The van der Waals surface area contributed by atoms with Crippen molar-refractivity contribution in [2.45, 2.75) is 44.6 Å². The largest absolute Gasteiger partial charge is 0.493 e. The second-order valence-corrected chi connectivity index (χ2v) is 7.33. The van der Waals surface area contributed by atoms with Crippen LogP contribution in [0.2, 0.25) is 0 Å². The summed E-state index contributed by atoms with van der Waals surface area (Å²) in [6.45, 7) is 0.500. The fraction of sp³-hybridized carbons (Fsp3) is 0.619. The average Bonchev–Trinajstić information content (AvgIpc) is 2.75. The number of esters is 1. The molecule has 3 rings (SSSR count). The minimum absolute atomic E-state index is 0.114. The van der Waals surface area contributed by atoms with Crippen molar-refractivity contribution in [1.82, 2.24) is 4.90 Å². The maximum absolute atomic E-state index is 12.7. The molecular weight excluding hydrogens is 362 g/mol. The zero-order chi connectivity index (χ0) is 20.1. The third-order valence-corrected chi connectivity index (χ3v) is 5.79. The molecule has 0 aromatic heterocycles. The number of methoxy groups -OCH3 is 3. The van der Waals surface area contributed by atoms with E-state index in [9.17, 15) is 9.59 Å². The highest BCUT2D eigenvalue weighted by atomic mass is 16.5. The molecule has 0 radical (unpaired) electrons. The normalized spacial score (nSPS) is 21.5. The van der Waals surface area contributed by atoms with Gasteiger partial charge in [-0.25, -0.2) is 4.79 Å². The molecule has 0 spiro atoms. The fourth-order valence-electron chi connectivity index (χ4n) is 4.43. The minimum atomic E-state index is -0.593. The van der Waals surface area contributed by atoms with Gasteiger partial charge in [0.25, 0.3) is 5.91 Å². The van der Waals surface area contributed by atoms with Crippen LogP contribution in [0.25, 0.3) is 0 Å². The van der Waals surface area contributed by atoms with Gasteiger partial charge in [0.15, 0.2) is 18.1 Å². The van der Waals surface area contributed by atoms with E-state index in [2.05, 4.69) is 0 Å². The molecule has 2 aliphatic rings. The highest BCUT2D eigenvalue weighted by Crippen LogP contribution is 2.38. The first-order valence-corrected chi connectivity index (χ1v) is 9.85. The molecule has 1 saturated carbocycles. The molecule has 7 nitrogen and oxygen atoms in total. The standard InChI is InChI=1S/C21H29NO6/c1-25-17-11-15(12-18(26-2)20(17)27-3)21(24)28-13-19(23)22-10-6-8-14-7-4-5-9-16(14)22/h11-12,14,16H,4-10,13H2,1-3H3/t14-,16-/m1/s1. The summed E-state index contributed by atoms with van der Waals surface area (Å²) in [5.74, 6) is 1.01. The van der Waals surface area contributed by atoms with Crippen LogP contribution in [-0.2, 0) is 9.53 Å². The zero-order valence-electron chi connectivity index (χ0n) is 16.9. The Bertz CT molecular complexity index is 692. The van der Waals surface area contributed by atoms with Crippen LogP contribution in [0.4, 0.5) is 0 Å². The predicted molar refractivity (Wildman–Crippen MR) is 103 cm³/mol. The third-order valence-electron chi connectivity index (χ3n) is 5.79. The third kappa shape index (κ3) is 4.18. The number of likely N-dealkylation sites (tertiary alicyclic amines) is 1. The van der Waals surface area contributed by atoms with Gasteiger partial charge in [0.1, 0.15) is 0 Å². The second kappa shape index (κ2) is 9.17. The number of ether oxygens (including phenoxy) is 4. The van der Waals surface area contributed by atoms with Crippen molar-refractivity contribution in [3.8, 4) is 17.2 Å². The van der Waals surface area contributed by atoms with Crippen LogP contribution in [0.15, 0.2) is 12.1 Å². The molecule has 1 aromatic carbocycles. The van der Waals surface area contributed by atoms with Gasteiger partial charge in [-0.2, -0.15) is 0 Å². The van der Waals surface area contributed by atoms with Crippen LogP contribution in [0.5, 0.6) is 17.2 Å². The summed E-state index contributed by atoms with van der Waals surface area (Å²) in [6.07, 6.45) is 6.87. The topological polar surface area (TPSA) is 74.3 Å². The Morgan fingerprint density at radius 3 is 2.25 bits per heavy atom. The van der Waals surface area contributed by atoms with E-state index in [0.29, 0.717) is 29.2 Å². The van der Waals surface area contributed by atoms with Crippen LogP contribution in [0.3, 0.4) is 0 Å². The van der Waals surface area contributed by atoms with E-state index in [1.54, 1.807) is 0 Å². The summed E-state index contributed by atoms with van der Waals surface area (Å²) in [5, 5.41) is 0. The molecule has 0 unspecified atom stereocenters. The number of nitrogens with zero attached hydrogens (tertiary/aromatic N) is 1. The molecule has 0 N–H and O–H groups in total. The van der Waals surface area contributed by atoms with Gasteiger partial charge in [-0.15, -0.1) is 0 Å². The lowest BCUT2D eigenvalue weighted by Crippen LogP contribution is -2.50. The number of hydrogen-bond acceptors (Lipinski definition) is 6. The molecule has 1 heterocycles. The molecule has 1 aromatic rings. The van der Waals surface area contributed by atoms with E-state index < -0.39 is 5.97 Å². The lowest BCUT2D eigenvalue weighted by atomic mass is 9.78. The number of carbonyl (C=O) groups is 2. The first-order valence-electron chi connectivity index (χ1n) is 9.85. The number of piperidine rings is 1. The molecule has 28 heavy (non-hydrogen) atoms. The number of amides is 1. The van der Waals surface area contributed by atoms with E-state index in [0.717, 1.165) is 25.8 Å². The molecule has 2 fully saturated rings. The van der Waals surface area contributed by atoms with Gasteiger partial charge < -0.3 is 23.8 Å². The summed E-state index contributed by atoms with van der Waals surface area (Å²) >= 11 is 0. The number of rotatable bonds is 6. The zero-order valence-corrected chi connectivity index (χ0v) is 16.9. The summed E-state index contributed by atoms with van der Waals surface area (Å²) in [4.78, 5) is 27.1. The van der Waals surface area contributed by atoms with Crippen LogP contribution < -0.4 is 14.2 Å². The molecule has 1 saturated heterocycles. The Hall–Kier alpha value is -2.44. The van der Waals surface area contributed by atoms with Crippen LogP contribution >= 0.6 is 0 Å². The smallest absolute Gasteiger partial charge is 0.338 e. The Morgan fingerprint density at radius 1 is 0.964 bits per heavy atom. The number of carbonyl (C=O) groups excluding carboxylic acids is 2. The molecule has 1 amide bonds. The van der Waals surface area contributed by atoms with Crippen molar-refractivity contribution in [3.05, 3.63) is 17.7 Å². The quantitative estimate of drug-likeness (QED) is 0.694. The SMILES string of the molecule is COc1cc(C(=O)OCC(=O)N2CCC[C@H]3CCCC[C@H]32)cc(OC)c1OC. The van der Waals surface area contributed by atoms with E-state index in [1.165, 1.54) is 52.7 Å². The van der Waals surface area contributed by atoms with E-state index in [-0.39, 0.29) is 18.1 Å². The molecule has 2 atom stereocenters. The van der Waals surface area contributed by atoms with Crippen LogP contribution in [0.1, 0.15) is 48.9 Å². The Kier molecular flexibility index (Phi) is 6.65. The summed E-state index contributed by atoms with van der Waals surface area (Å²) in [7, 11) is 4.45. The lowest BCUT2D eigenvalue weighted by Gasteiger charge is -2.44. The van der Waals surface area contributed by atoms with Crippen molar-refractivity contribution in [2.24, 2.45) is 5.92 Å². The van der Waals surface area contributed by atoms with Gasteiger partial charge >= 0.3 is 5.97 Å². The highest BCUT2D eigenvalue weighted by Gasteiger charge is 2.35. The van der Waals surface area contributed by atoms with Gasteiger partial charge in [-0.3, -0.25) is 4.79 Å². The van der Waals surface area contributed by atoms with E-state index >= 15 is 0 Å². The molecule has 1 aliphatic heterocycles. The van der Waals surface area contributed by atoms with Gasteiger partial charge in [0.05, 0.1) is 26.9 Å². The van der Waals surface area contributed by atoms with Crippen LogP contribution in [-0.4, -0.2) is 57.3 Å². The Morgan fingerprint density at radius 2 is 1.61 bits per heavy atom. The summed E-state index contributed by atoms with van der Waals surface area (Å²) in [6, 6.07) is 3.34. The minimum Gasteiger partial charge on any atom is -0.493 e. The number of hydrogen-bond donors (Lipinski definition) is 0. The van der Waals surface area contributed by atoms with Crippen molar-refractivity contribution >= 4 is 11.9 Å². The molecule has 7 heteroatoms. The van der Waals surface area contributed by atoms with E-state index in [4.69, 9.17) is 18.9 Å². The predicted octanol–water partition coefficient (Wildman–Crippen LogP) is 3.05. The van der Waals surface area contributed by atoms with E-state index in [1.807, 2.05) is 4.90 Å². The monoisotopic (exact) mass is 391 g/mol. The molecule has 154 valence electrons. The van der Waals surface area contributed by atoms with Gasteiger partial charge in [-0.1, -0.05) is 12.8 Å². The Balaban J connectivity index is 1.65. The molecule has 0 bridgehead atoms. The Labute approximate surface area is 165 Å². The average molecular weight is 391 g/mol. The van der Waals surface area contributed by atoms with Gasteiger partial charge in [0.2, 0.25) is 5.75 Å². The van der Waals surface area contributed by atoms with Crippen molar-refractivity contribution in [3.63, 3.8) is 0 Å². The first kappa shape index (κ1) is 20.3. The van der Waals surface area contributed by atoms with Gasteiger partial charge in [-0.05, 0) is 43.7 Å². The number of benzene rings is 1. The lowest BCUT2D eigenvalue weighted by molar-refractivity contribution is -0.140. The molecule has 1 aliphatic carbocycles. The first-order chi connectivity index (χ1) is 13.6. The van der Waals surface area contributed by atoms with Crippen LogP contribution in [0, 0.1) is 5.92 Å². The maximum atomic E-state index is 12.7. The summed E-state index contributed by atoms with van der Waals surface area (Å²) in [5.41, 5.74) is 0.247. The van der Waals surface area contributed by atoms with Crippen molar-refractivity contribution in [2.75, 3.05) is 34.5 Å². The second-order valence-electron chi connectivity index (χ2n) is 7.33. The molecular formula is C21H29NO6. The summed E-state index contributed by atoms with van der Waals surface area (Å²) < 4.78 is 21.1.